The van der Waals surface area contributed by atoms with E-state index in [-0.39, 0.29) is 29.3 Å². The number of nitro benzene ring substituents is 1. The molecule has 0 unspecified atom stereocenters. The number of methoxy groups -OCH3 is 1. The van der Waals surface area contributed by atoms with Crippen molar-refractivity contribution in [3.63, 3.8) is 0 Å². The second-order valence-corrected chi connectivity index (χ2v) is 7.35. The molecule has 1 N–H and O–H groups in total. The van der Waals surface area contributed by atoms with Gasteiger partial charge >= 0.3 is 0 Å². The summed E-state index contributed by atoms with van der Waals surface area (Å²) in [6.07, 6.45) is 1.16. The third kappa shape index (κ3) is 6.09. The Morgan fingerprint density at radius 2 is 1.91 bits per heavy atom. The number of rotatable bonds is 9. The lowest BCUT2D eigenvalue weighted by atomic mass is 10.1. The molecule has 0 heterocycles. The standard InChI is InChI=1S/C24H19ClN4O5/c1-33-22-11-16(10-20(25)24(22)34-15-19-8-3-2-7-18(19)13-26)14-27-28-23(30)12-17-6-4-5-9-21(17)29(31)32/h2-11,14H,12,15H2,1H3,(H,28,30). The Morgan fingerprint density at radius 1 is 1.21 bits per heavy atom. The fraction of sp³-hybridized carbons (Fsp3) is 0.125. The summed E-state index contributed by atoms with van der Waals surface area (Å²) in [7, 11) is 1.46. The van der Waals surface area contributed by atoms with Crippen molar-refractivity contribution in [3.05, 3.63) is 98.1 Å². The Hall–Kier alpha value is -4.42. The van der Waals surface area contributed by atoms with Gasteiger partial charge in [0.1, 0.15) is 6.61 Å². The van der Waals surface area contributed by atoms with Gasteiger partial charge in [0, 0.05) is 17.2 Å². The van der Waals surface area contributed by atoms with Crippen molar-refractivity contribution < 1.29 is 19.2 Å². The third-order valence-electron chi connectivity index (χ3n) is 4.70. The van der Waals surface area contributed by atoms with Gasteiger partial charge in [0.2, 0.25) is 5.91 Å². The van der Waals surface area contributed by atoms with E-state index in [1.54, 1.807) is 36.4 Å². The van der Waals surface area contributed by atoms with Gasteiger partial charge in [-0.3, -0.25) is 14.9 Å². The topological polar surface area (TPSA) is 127 Å². The zero-order valence-electron chi connectivity index (χ0n) is 18.0. The predicted octanol–water partition coefficient (Wildman–Crippen LogP) is 4.40. The molecule has 0 aromatic heterocycles. The largest absolute Gasteiger partial charge is 0.493 e. The van der Waals surface area contributed by atoms with E-state index in [1.165, 1.54) is 31.5 Å². The highest BCUT2D eigenvalue weighted by atomic mass is 35.5. The Bertz CT molecular complexity index is 1290. The van der Waals surface area contributed by atoms with Crippen LogP contribution < -0.4 is 14.9 Å². The van der Waals surface area contributed by atoms with Crippen molar-refractivity contribution in [3.8, 4) is 17.6 Å². The average Bonchev–Trinajstić information content (AvgIpc) is 2.83. The number of nitrogens with one attached hydrogen (secondary N) is 1. The summed E-state index contributed by atoms with van der Waals surface area (Å²) in [6, 6.07) is 18.4. The summed E-state index contributed by atoms with van der Waals surface area (Å²) >= 11 is 6.37. The molecule has 0 fully saturated rings. The van der Waals surface area contributed by atoms with E-state index in [0.29, 0.717) is 28.2 Å². The molecular formula is C24H19ClN4O5. The monoisotopic (exact) mass is 478 g/mol. The maximum Gasteiger partial charge on any atom is 0.273 e. The number of benzene rings is 3. The van der Waals surface area contributed by atoms with Gasteiger partial charge < -0.3 is 9.47 Å². The van der Waals surface area contributed by atoms with Crippen molar-refractivity contribution in [2.45, 2.75) is 13.0 Å². The molecule has 0 aliphatic carbocycles. The fourth-order valence-electron chi connectivity index (χ4n) is 3.09. The van der Waals surface area contributed by atoms with Gasteiger partial charge in [-0.25, -0.2) is 5.43 Å². The molecule has 0 aliphatic heterocycles. The zero-order valence-corrected chi connectivity index (χ0v) is 18.8. The van der Waals surface area contributed by atoms with Gasteiger partial charge in [-0.1, -0.05) is 48.0 Å². The van der Waals surface area contributed by atoms with Crippen molar-refractivity contribution in [1.82, 2.24) is 5.43 Å². The van der Waals surface area contributed by atoms with Crippen LogP contribution in [0, 0.1) is 21.4 Å². The van der Waals surface area contributed by atoms with Gasteiger partial charge in [-0.2, -0.15) is 10.4 Å². The summed E-state index contributed by atoms with van der Waals surface area (Å²) in [5, 5.41) is 24.4. The molecule has 0 radical (unpaired) electrons. The second-order valence-electron chi connectivity index (χ2n) is 6.95. The number of nitrogens with zero attached hydrogens (tertiary/aromatic N) is 3. The van der Waals surface area contributed by atoms with Crippen molar-refractivity contribution in [2.75, 3.05) is 7.11 Å². The summed E-state index contributed by atoms with van der Waals surface area (Å²) < 4.78 is 11.2. The number of ether oxygens (including phenoxy) is 2. The molecule has 3 aromatic rings. The number of carbonyl (C=O) groups is 1. The first-order valence-corrected chi connectivity index (χ1v) is 10.3. The minimum atomic E-state index is -0.539. The summed E-state index contributed by atoms with van der Waals surface area (Å²) in [5.41, 5.74) is 4.21. The van der Waals surface area contributed by atoms with E-state index >= 15 is 0 Å². The second kappa shape index (κ2) is 11.4. The lowest BCUT2D eigenvalue weighted by Gasteiger charge is -2.14. The molecule has 34 heavy (non-hydrogen) atoms. The average molecular weight is 479 g/mol. The minimum Gasteiger partial charge on any atom is -0.493 e. The number of amides is 1. The number of nitriles is 1. The van der Waals surface area contributed by atoms with Gasteiger partial charge in [0.15, 0.2) is 11.5 Å². The minimum absolute atomic E-state index is 0.120. The first-order valence-electron chi connectivity index (χ1n) is 9.95. The van der Waals surface area contributed by atoms with Crippen molar-refractivity contribution in [1.29, 1.82) is 5.26 Å². The van der Waals surface area contributed by atoms with E-state index in [0.717, 1.165) is 0 Å². The number of hydrazone groups is 1. The lowest BCUT2D eigenvalue weighted by molar-refractivity contribution is -0.385. The Labute approximate surface area is 200 Å². The Kier molecular flexibility index (Phi) is 8.16. The molecule has 1 amide bonds. The number of hydrogen-bond donors (Lipinski definition) is 1. The van der Waals surface area contributed by atoms with Gasteiger partial charge in [0.05, 0.1) is 41.3 Å². The van der Waals surface area contributed by atoms with E-state index < -0.39 is 10.8 Å². The highest BCUT2D eigenvalue weighted by Gasteiger charge is 2.16. The van der Waals surface area contributed by atoms with Crippen LogP contribution in [0.25, 0.3) is 0 Å². The van der Waals surface area contributed by atoms with Gasteiger partial charge in [-0.15, -0.1) is 0 Å². The van der Waals surface area contributed by atoms with E-state index in [9.17, 15) is 20.2 Å². The van der Waals surface area contributed by atoms with E-state index in [4.69, 9.17) is 21.1 Å². The molecule has 3 rings (SSSR count). The molecule has 172 valence electrons. The first-order chi connectivity index (χ1) is 16.4. The summed E-state index contributed by atoms with van der Waals surface area (Å²) in [6.45, 7) is 0.120. The van der Waals surface area contributed by atoms with Crippen LogP contribution in [-0.4, -0.2) is 24.2 Å². The molecule has 0 atom stereocenters. The maximum atomic E-state index is 12.2. The Morgan fingerprint density at radius 3 is 2.62 bits per heavy atom. The molecule has 9 nitrogen and oxygen atoms in total. The lowest BCUT2D eigenvalue weighted by Crippen LogP contribution is -2.20. The van der Waals surface area contributed by atoms with Crippen LogP contribution >= 0.6 is 11.6 Å². The maximum absolute atomic E-state index is 12.2. The van der Waals surface area contributed by atoms with Gasteiger partial charge in [0.25, 0.3) is 5.69 Å². The first kappa shape index (κ1) is 24.2. The molecule has 0 spiro atoms. The SMILES string of the molecule is COc1cc(C=NNC(=O)Cc2ccccc2[N+](=O)[O-])cc(Cl)c1OCc1ccccc1C#N. The summed E-state index contributed by atoms with van der Waals surface area (Å²) in [5.74, 6) is 0.129. The van der Waals surface area contributed by atoms with Crippen LogP contribution in [0.1, 0.15) is 22.3 Å². The third-order valence-corrected chi connectivity index (χ3v) is 4.98. The van der Waals surface area contributed by atoms with Crippen LogP contribution in [0.15, 0.2) is 65.8 Å². The zero-order chi connectivity index (χ0) is 24.5. The number of halogens is 1. The summed E-state index contributed by atoms with van der Waals surface area (Å²) in [4.78, 5) is 22.7. The highest BCUT2D eigenvalue weighted by molar-refractivity contribution is 6.32. The molecule has 10 heteroatoms. The van der Waals surface area contributed by atoms with Crippen LogP contribution in [0.2, 0.25) is 5.02 Å². The van der Waals surface area contributed by atoms with Gasteiger partial charge in [-0.05, 0) is 23.8 Å². The fourth-order valence-corrected chi connectivity index (χ4v) is 3.36. The molecule has 0 bridgehead atoms. The molecule has 0 aliphatic rings. The molecular weight excluding hydrogens is 460 g/mol. The molecule has 0 saturated heterocycles. The molecule has 3 aromatic carbocycles. The highest BCUT2D eigenvalue weighted by Crippen LogP contribution is 2.36. The number of nitro groups is 1. The number of para-hydroxylation sites is 1. The van der Waals surface area contributed by atoms with E-state index in [1.807, 2.05) is 6.07 Å². The van der Waals surface area contributed by atoms with Crippen molar-refractivity contribution >= 4 is 29.4 Å². The normalized spacial score (nSPS) is 10.5. The smallest absolute Gasteiger partial charge is 0.273 e. The van der Waals surface area contributed by atoms with Crippen LogP contribution in [0.5, 0.6) is 11.5 Å². The Balaban J connectivity index is 1.67. The molecule has 0 saturated carbocycles. The predicted molar refractivity (Wildman–Crippen MR) is 126 cm³/mol. The number of hydrogen-bond acceptors (Lipinski definition) is 7. The van der Waals surface area contributed by atoms with Crippen LogP contribution in [0.4, 0.5) is 5.69 Å². The number of carbonyl (C=O) groups excluding carboxylic acids is 1. The van der Waals surface area contributed by atoms with Crippen LogP contribution in [-0.2, 0) is 17.8 Å². The van der Waals surface area contributed by atoms with Crippen LogP contribution in [0.3, 0.4) is 0 Å². The van der Waals surface area contributed by atoms with Crippen molar-refractivity contribution in [2.24, 2.45) is 5.10 Å². The van der Waals surface area contributed by atoms with E-state index in [2.05, 4.69) is 16.6 Å². The quantitative estimate of drug-likeness (QED) is 0.276.